The Balaban J connectivity index is 4.13. The maximum Gasteiger partial charge on any atom is 0.472 e. The van der Waals surface area contributed by atoms with E-state index in [0.29, 0.717) is 6.42 Å². The molecule has 0 saturated carbocycles. The molecular weight excluding hydrogens is 649 g/mol. The Kier molecular flexibility index (Phi) is 37.7. The van der Waals surface area contributed by atoms with Gasteiger partial charge < -0.3 is 20.1 Å². The lowest BCUT2D eigenvalue weighted by Gasteiger charge is -2.19. The number of phosphoric acid groups is 1. The Morgan fingerprint density at radius 2 is 1.02 bits per heavy atom. The zero-order valence-electron chi connectivity index (χ0n) is 32.4. The van der Waals surface area contributed by atoms with Gasteiger partial charge >= 0.3 is 13.8 Å². The Hall–Kier alpha value is -1.44. The van der Waals surface area contributed by atoms with E-state index in [9.17, 15) is 14.3 Å². The molecule has 294 valence electrons. The molecule has 0 bridgehead atoms. The quantitative estimate of drug-likeness (QED) is 0.0211. The Bertz CT molecular complexity index is 864. The van der Waals surface area contributed by atoms with E-state index in [0.717, 1.165) is 44.9 Å². The van der Waals surface area contributed by atoms with Gasteiger partial charge in [-0.3, -0.25) is 13.8 Å². The third kappa shape index (κ3) is 37.8. The van der Waals surface area contributed by atoms with E-state index in [1.807, 2.05) is 6.08 Å². The van der Waals surface area contributed by atoms with Crippen LogP contribution in [0.1, 0.15) is 187 Å². The van der Waals surface area contributed by atoms with Crippen LogP contribution in [-0.2, 0) is 27.9 Å². The second kappa shape index (κ2) is 38.8. The molecule has 50 heavy (non-hydrogen) atoms. The summed E-state index contributed by atoms with van der Waals surface area (Å²) in [6, 6.07) is 0. The molecule has 9 heteroatoms. The molecule has 0 spiro atoms. The van der Waals surface area contributed by atoms with Crippen LogP contribution < -0.4 is 5.73 Å². The molecule has 0 aromatic carbocycles. The average molecular weight is 728 g/mol. The van der Waals surface area contributed by atoms with E-state index < -0.39 is 13.9 Å². The van der Waals surface area contributed by atoms with Crippen molar-refractivity contribution in [3.05, 3.63) is 36.6 Å². The molecule has 0 aliphatic heterocycles. The lowest BCUT2D eigenvalue weighted by Crippen LogP contribution is -2.27. The van der Waals surface area contributed by atoms with E-state index in [1.54, 1.807) is 6.26 Å². The fourth-order valence-corrected chi connectivity index (χ4v) is 6.30. The van der Waals surface area contributed by atoms with Gasteiger partial charge in [0.05, 0.1) is 19.5 Å². The lowest BCUT2D eigenvalue weighted by atomic mass is 10.1. The van der Waals surface area contributed by atoms with Gasteiger partial charge in [-0.05, 0) is 76.7 Å². The molecule has 0 aliphatic carbocycles. The number of esters is 1. The SMILES string of the molecule is CCCCCC/C=C\CCCCCCCC/C=C\OC[C@H](COP(=O)(O)OCCN)OC(=O)CCCCCCC/C=C\CCCCCCCC. The van der Waals surface area contributed by atoms with Gasteiger partial charge in [-0.15, -0.1) is 0 Å². The van der Waals surface area contributed by atoms with Gasteiger partial charge in [0.25, 0.3) is 0 Å². The number of hydrogen-bond donors (Lipinski definition) is 2. The van der Waals surface area contributed by atoms with E-state index in [4.69, 9.17) is 24.3 Å². The van der Waals surface area contributed by atoms with Crippen molar-refractivity contribution in [1.82, 2.24) is 0 Å². The highest BCUT2D eigenvalue weighted by atomic mass is 31.2. The highest BCUT2D eigenvalue weighted by Gasteiger charge is 2.25. The highest BCUT2D eigenvalue weighted by molar-refractivity contribution is 7.47. The summed E-state index contributed by atoms with van der Waals surface area (Å²) in [6.45, 7) is 4.21. The molecule has 0 radical (unpaired) electrons. The van der Waals surface area contributed by atoms with Crippen LogP contribution >= 0.6 is 7.82 Å². The number of ether oxygens (including phenoxy) is 2. The van der Waals surface area contributed by atoms with E-state index >= 15 is 0 Å². The number of carbonyl (C=O) groups excluding carboxylic acids is 1. The first-order valence-corrected chi connectivity index (χ1v) is 22.0. The summed E-state index contributed by atoms with van der Waals surface area (Å²) >= 11 is 0. The largest absolute Gasteiger partial charge is 0.498 e. The molecule has 2 atom stereocenters. The number of nitrogens with two attached hydrogens (primary N) is 1. The molecule has 1 unspecified atom stereocenters. The minimum Gasteiger partial charge on any atom is -0.498 e. The van der Waals surface area contributed by atoms with Crippen LogP contribution in [0.25, 0.3) is 0 Å². The molecule has 0 rings (SSSR count). The van der Waals surface area contributed by atoms with Crippen LogP contribution in [-0.4, -0.2) is 43.3 Å². The van der Waals surface area contributed by atoms with E-state index in [2.05, 4.69) is 38.2 Å². The molecule has 0 fully saturated rings. The third-order valence-corrected chi connectivity index (χ3v) is 9.58. The van der Waals surface area contributed by atoms with Crippen molar-refractivity contribution >= 4 is 13.8 Å². The van der Waals surface area contributed by atoms with Gasteiger partial charge in [0, 0.05) is 13.0 Å². The summed E-state index contributed by atoms with van der Waals surface area (Å²) in [6.07, 6.45) is 43.9. The smallest absolute Gasteiger partial charge is 0.472 e. The Morgan fingerprint density at radius 1 is 0.600 bits per heavy atom. The summed E-state index contributed by atoms with van der Waals surface area (Å²) in [5.41, 5.74) is 5.35. The molecule has 0 aromatic heterocycles. The van der Waals surface area contributed by atoms with Gasteiger partial charge in [-0.2, -0.15) is 0 Å². The summed E-state index contributed by atoms with van der Waals surface area (Å²) < 4.78 is 33.1. The van der Waals surface area contributed by atoms with Crippen molar-refractivity contribution in [1.29, 1.82) is 0 Å². The van der Waals surface area contributed by atoms with Crippen LogP contribution in [0.15, 0.2) is 36.6 Å². The van der Waals surface area contributed by atoms with Gasteiger partial charge in [0.15, 0.2) is 6.10 Å². The average Bonchev–Trinajstić information content (AvgIpc) is 3.10. The topological polar surface area (TPSA) is 117 Å². The summed E-state index contributed by atoms with van der Waals surface area (Å²) in [7, 11) is -4.29. The minimum absolute atomic E-state index is 0.0265. The summed E-state index contributed by atoms with van der Waals surface area (Å²) in [4.78, 5) is 22.4. The maximum absolute atomic E-state index is 12.5. The van der Waals surface area contributed by atoms with Crippen molar-refractivity contribution in [3.63, 3.8) is 0 Å². The molecule has 0 amide bonds. The fraction of sp³-hybridized carbons (Fsp3) is 0.829. The molecule has 3 N–H and O–H groups in total. The van der Waals surface area contributed by atoms with Crippen LogP contribution in [0.5, 0.6) is 0 Å². The van der Waals surface area contributed by atoms with Crippen molar-refractivity contribution < 1.29 is 32.8 Å². The predicted molar refractivity (Wildman–Crippen MR) is 210 cm³/mol. The van der Waals surface area contributed by atoms with Gasteiger partial charge in [-0.1, -0.05) is 134 Å². The first kappa shape index (κ1) is 48.6. The minimum atomic E-state index is -4.29. The van der Waals surface area contributed by atoms with Crippen LogP contribution in [0.4, 0.5) is 0 Å². The van der Waals surface area contributed by atoms with Gasteiger partial charge in [0.1, 0.15) is 6.61 Å². The molecule has 0 aliphatic rings. The van der Waals surface area contributed by atoms with Crippen molar-refractivity contribution in [2.24, 2.45) is 5.73 Å². The monoisotopic (exact) mass is 728 g/mol. The third-order valence-electron chi connectivity index (χ3n) is 8.59. The first-order valence-electron chi connectivity index (χ1n) is 20.5. The van der Waals surface area contributed by atoms with Crippen LogP contribution in [0, 0.1) is 0 Å². The molecule has 0 aromatic rings. The number of phosphoric ester groups is 1. The van der Waals surface area contributed by atoms with Gasteiger partial charge in [0.2, 0.25) is 0 Å². The standard InChI is InChI=1S/C41H78NO7P/c1-3-5-7-9-11-13-15-17-19-21-23-25-27-29-31-33-36-46-38-40(39-48-50(44,45)47-37-35-42)49-41(43)34-32-30-28-26-24-22-20-18-16-14-12-10-8-6-4-2/h13,15,18,20,33,36,40H,3-12,14,16-17,19,21-32,34-35,37-39,42H2,1-2H3,(H,44,45)/b15-13-,20-18-,36-33-/t40-/m1/s1. The number of unbranched alkanes of at least 4 members (excludes halogenated alkanes) is 22. The number of carbonyl (C=O) groups is 1. The molecule has 8 nitrogen and oxygen atoms in total. The zero-order chi connectivity index (χ0) is 36.6. The zero-order valence-corrected chi connectivity index (χ0v) is 33.3. The van der Waals surface area contributed by atoms with Crippen LogP contribution in [0.2, 0.25) is 0 Å². The fourth-order valence-electron chi connectivity index (χ4n) is 5.54. The first-order chi connectivity index (χ1) is 24.4. The summed E-state index contributed by atoms with van der Waals surface area (Å²) in [5.74, 6) is -0.363. The van der Waals surface area contributed by atoms with Crippen molar-refractivity contribution in [3.8, 4) is 0 Å². The van der Waals surface area contributed by atoms with Crippen LogP contribution in [0.3, 0.4) is 0 Å². The number of allylic oxidation sites excluding steroid dienone is 5. The van der Waals surface area contributed by atoms with E-state index in [-0.39, 0.29) is 32.3 Å². The normalized spacial score (nSPS) is 13.8. The van der Waals surface area contributed by atoms with E-state index in [1.165, 1.54) is 122 Å². The van der Waals surface area contributed by atoms with Crippen molar-refractivity contribution in [2.45, 2.75) is 193 Å². The second-order valence-electron chi connectivity index (χ2n) is 13.6. The predicted octanol–water partition coefficient (Wildman–Crippen LogP) is 12.2. The maximum atomic E-state index is 12.5. The Morgan fingerprint density at radius 3 is 1.50 bits per heavy atom. The second-order valence-corrected chi connectivity index (χ2v) is 15.0. The number of rotatable bonds is 39. The Labute approximate surface area is 308 Å². The molecule has 0 saturated heterocycles. The molecular formula is C41H78NO7P. The highest BCUT2D eigenvalue weighted by Crippen LogP contribution is 2.43. The summed E-state index contributed by atoms with van der Waals surface area (Å²) in [5, 5.41) is 0. The number of hydrogen-bond acceptors (Lipinski definition) is 7. The lowest BCUT2D eigenvalue weighted by molar-refractivity contribution is -0.153. The molecule has 0 heterocycles. The van der Waals surface area contributed by atoms with Gasteiger partial charge in [-0.25, -0.2) is 4.57 Å². The van der Waals surface area contributed by atoms with Crippen molar-refractivity contribution in [2.75, 3.05) is 26.4 Å².